The van der Waals surface area contributed by atoms with Crippen LogP contribution in [0.1, 0.15) is 24.8 Å². The topological polar surface area (TPSA) is 69.2 Å². The Morgan fingerprint density at radius 3 is 2.81 bits per heavy atom. The molecule has 2 aromatic carbocycles. The van der Waals surface area contributed by atoms with Crippen molar-refractivity contribution >= 4 is 23.2 Å². The van der Waals surface area contributed by atoms with Crippen molar-refractivity contribution < 1.29 is 9.53 Å². The SMILES string of the molecule is CN=C(NCCCN1C(=O)COc2ccccc21)NC1CCCN(c2ccc(C)cc2)C1. The Morgan fingerprint density at radius 1 is 1.19 bits per heavy atom. The third kappa shape index (κ3) is 5.33. The van der Waals surface area contributed by atoms with Crippen molar-refractivity contribution in [1.29, 1.82) is 0 Å². The predicted octanol–water partition coefficient (Wildman–Crippen LogP) is 2.94. The largest absolute Gasteiger partial charge is 0.482 e. The Kier molecular flexibility index (Phi) is 7.14. The zero-order valence-electron chi connectivity index (χ0n) is 19.0. The molecule has 0 aliphatic carbocycles. The summed E-state index contributed by atoms with van der Waals surface area (Å²) in [4.78, 5) is 21.0. The van der Waals surface area contributed by atoms with Gasteiger partial charge in [0.05, 0.1) is 5.69 Å². The highest BCUT2D eigenvalue weighted by atomic mass is 16.5. The summed E-state index contributed by atoms with van der Waals surface area (Å²) < 4.78 is 5.52. The van der Waals surface area contributed by atoms with Crippen LogP contribution < -0.4 is 25.2 Å². The summed E-state index contributed by atoms with van der Waals surface area (Å²) in [5.74, 6) is 1.59. The summed E-state index contributed by atoms with van der Waals surface area (Å²) in [6.45, 7) is 5.65. The van der Waals surface area contributed by atoms with Crippen LogP contribution in [0.2, 0.25) is 0 Å². The van der Waals surface area contributed by atoms with Gasteiger partial charge in [-0.05, 0) is 50.5 Å². The van der Waals surface area contributed by atoms with Crippen molar-refractivity contribution in [2.75, 3.05) is 49.6 Å². The van der Waals surface area contributed by atoms with E-state index in [0.717, 1.165) is 56.3 Å². The highest BCUT2D eigenvalue weighted by molar-refractivity contribution is 5.97. The molecule has 2 aliphatic heterocycles. The van der Waals surface area contributed by atoms with Gasteiger partial charge in [-0.2, -0.15) is 0 Å². The number of carbonyl (C=O) groups excluding carboxylic acids is 1. The minimum absolute atomic E-state index is 0.00427. The monoisotopic (exact) mass is 435 g/mol. The molecule has 1 atom stereocenters. The molecule has 1 saturated heterocycles. The fourth-order valence-corrected chi connectivity index (χ4v) is 4.32. The van der Waals surface area contributed by atoms with Gasteiger partial charge in [-0.1, -0.05) is 29.8 Å². The molecule has 32 heavy (non-hydrogen) atoms. The fourth-order valence-electron chi connectivity index (χ4n) is 4.32. The van der Waals surface area contributed by atoms with Gasteiger partial charge in [0.15, 0.2) is 12.6 Å². The zero-order valence-corrected chi connectivity index (χ0v) is 19.0. The van der Waals surface area contributed by atoms with Crippen LogP contribution >= 0.6 is 0 Å². The van der Waals surface area contributed by atoms with E-state index in [4.69, 9.17) is 4.74 Å². The summed E-state index contributed by atoms with van der Waals surface area (Å²) >= 11 is 0. The molecule has 7 heteroatoms. The number of nitrogens with zero attached hydrogens (tertiary/aromatic N) is 3. The lowest BCUT2D eigenvalue weighted by molar-refractivity contribution is -0.121. The van der Waals surface area contributed by atoms with Crippen LogP contribution in [-0.4, -0.2) is 57.7 Å². The van der Waals surface area contributed by atoms with Crippen molar-refractivity contribution in [2.24, 2.45) is 4.99 Å². The second-order valence-corrected chi connectivity index (χ2v) is 8.42. The first-order valence-electron chi connectivity index (χ1n) is 11.4. The molecule has 170 valence electrons. The van der Waals surface area contributed by atoms with E-state index in [1.54, 1.807) is 7.05 Å². The van der Waals surface area contributed by atoms with E-state index < -0.39 is 0 Å². The van der Waals surface area contributed by atoms with E-state index in [9.17, 15) is 4.79 Å². The number of fused-ring (bicyclic) bond motifs is 1. The van der Waals surface area contributed by atoms with Crippen LogP contribution in [-0.2, 0) is 4.79 Å². The normalized spacial score (nSPS) is 18.8. The van der Waals surface area contributed by atoms with Crippen molar-refractivity contribution in [2.45, 2.75) is 32.2 Å². The molecule has 2 N–H and O–H groups in total. The average Bonchev–Trinajstić information content (AvgIpc) is 2.82. The number of anilines is 2. The van der Waals surface area contributed by atoms with E-state index in [-0.39, 0.29) is 12.5 Å². The Balaban J connectivity index is 1.25. The molecule has 2 aromatic rings. The number of hydrogen-bond acceptors (Lipinski definition) is 4. The molecule has 0 bridgehead atoms. The number of nitrogens with one attached hydrogen (secondary N) is 2. The number of amides is 1. The van der Waals surface area contributed by atoms with E-state index in [2.05, 4.69) is 51.7 Å². The van der Waals surface area contributed by atoms with Crippen LogP contribution in [0.25, 0.3) is 0 Å². The first-order valence-corrected chi connectivity index (χ1v) is 11.4. The highest BCUT2D eigenvalue weighted by Gasteiger charge is 2.25. The number of para-hydroxylation sites is 2. The first kappa shape index (κ1) is 22.0. The van der Waals surface area contributed by atoms with Crippen LogP contribution in [0, 0.1) is 6.92 Å². The number of piperidine rings is 1. The molecule has 7 nitrogen and oxygen atoms in total. The van der Waals surface area contributed by atoms with Crippen molar-refractivity contribution in [1.82, 2.24) is 10.6 Å². The third-order valence-corrected chi connectivity index (χ3v) is 6.04. The minimum Gasteiger partial charge on any atom is -0.482 e. The van der Waals surface area contributed by atoms with Gasteiger partial charge in [-0.15, -0.1) is 0 Å². The summed E-state index contributed by atoms with van der Waals surface area (Å²) in [5, 5.41) is 6.98. The lowest BCUT2D eigenvalue weighted by Gasteiger charge is -2.35. The van der Waals surface area contributed by atoms with Gasteiger partial charge in [0.25, 0.3) is 5.91 Å². The molecular weight excluding hydrogens is 402 g/mol. The van der Waals surface area contributed by atoms with Crippen molar-refractivity contribution in [3.63, 3.8) is 0 Å². The van der Waals surface area contributed by atoms with Gasteiger partial charge in [-0.3, -0.25) is 9.79 Å². The number of carbonyl (C=O) groups is 1. The second kappa shape index (κ2) is 10.4. The molecule has 0 radical (unpaired) electrons. The smallest absolute Gasteiger partial charge is 0.265 e. The van der Waals surface area contributed by atoms with Gasteiger partial charge in [-0.25, -0.2) is 0 Å². The van der Waals surface area contributed by atoms with E-state index in [1.165, 1.54) is 11.3 Å². The van der Waals surface area contributed by atoms with Crippen LogP contribution in [0.4, 0.5) is 11.4 Å². The fraction of sp³-hybridized carbons (Fsp3) is 0.440. The van der Waals surface area contributed by atoms with E-state index >= 15 is 0 Å². The first-order chi connectivity index (χ1) is 15.6. The molecule has 4 rings (SSSR count). The summed E-state index contributed by atoms with van der Waals surface area (Å²) in [6.07, 6.45) is 3.10. The van der Waals surface area contributed by atoms with Gasteiger partial charge in [0.2, 0.25) is 0 Å². The number of hydrogen-bond donors (Lipinski definition) is 2. The Morgan fingerprint density at radius 2 is 2.00 bits per heavy atom. The van der Waals surface area contributed by atoms with Crippen LogP contribution in [0.3, 0.4) is 0 Å². The average molecular weight is 436 g/mol. The Labute approximate surface area is 190 Å². The maximum Gasteiger partial charge on any atom is 0.265 e. The standard InChI is InChI=1S/C25H33N5O2/c1-19-10-12-21(13-11-19)29-15-5-7-20(17-29)28-25(26-2)27-14-6-16-30-22-8-3-4-9-23(22)32-18-24(30)31/h3-4,8-13,20H,5-7,14-18H2,1-2H3,(H2,26,27,28). The molecule has 1 fully saturated rings. The number of guanidine groups is 1. The Hall–Kier alpha value is -3.22. The molecule has 0 saturated carbocycles. The number of aliphatic imine (C=N–C) groups is 1. The molecule has 1 amide bonds. The lowest BCUT2D eigenvalue weighted by atomic mass is 10.0. The zero-order chi connectivity index (χ0) is 22.3. The summed E-state index contributed by atoms with van der Waals surface area (Å²) in [7, 11) is 1.80. The number of benzene rings is 2. The van der Waals surface area contributed by atoms with Gasteiger partial charge in [0, 0.05) is 45.0 Å². The van der Waals surface area contributed by atoms with E-state index in [0.29, 0.717) is 12.6 Å². The van der Waals surface area contributed by atoms with Crippen molar-refractivity contribution in [3.05, 3.63) is 54.1 Å². The maximum absolute atomic E-state index is 12.3. The van der Waals surface area contributed by atoms with E-state index in [1.807, 2.05) is 29.2 Å². The predicted molar refractivity (Wildman–Crippen MR) is 130 cm³/mol. The highest BCUT2D eigenvalue weighted by Crippen LogP contribution is 2.31. The molecule has 2 heterocycles. The summed E-state index contributed by atoms with van der Waals surface area (Å²) in [6, 6.07) is 16.8. The molecule has 2 aliphatic rings. The molecular formula is C25H33N5O2. The molecule has 0 spiro atoms. The molecule has 1 unspecified atom stereocenters. The second-order valence-electron chi connectivity index (χ2n) is 8.42. The van der Waals surface area contributed by atoms with Crippen LogP contribution in [0.5, 0.6) is 5.75 Å². The number of rotatable bonds is 6. The number of ether oxygens (including phenoxy) is 1. The van der Waals surface area contributed by atoms with Crippen molar-refractivity contribution in [3.8, 4) is 5.75 Å². The van der Waals surface area contributed by atoms with Crippen LogP contribution in [0.15, 0.2) is 53.5 Å². The summed E-state index contributed by atoms with van der Waals surface area (Å²) in [5.41, 5.74) is 3.41. The minimum atomic E-state index is 0.00427. The van der Waals surface area contributed by atoms with Gasteiger partial charge < -0.3 is 25.2 Å². The van der Waals surface area contributed by atoms with Gasteiger partial charge >= 0.3 is 0 Å². The molecule has 0 aromatic heterocycles. The quantitative estimate of drug-likeness (QED) is 0.415. The Bertz CT molecular complexity index is 944. The maximum atomic E-state index is 12.3. The third-order valence-electron chi connectivity index (χ3n) is 6.04. The lowest BCUT2D eigenvalue weighted by Crippen LogP contribution is -2.51. The number of aryl methyl sites for hydroxylation is 1. The van der Waals surface area contributed by atoms with Gasteiger partial charge in [0.1, 0.15) is 5.75 Å².